The van der Waals surface area contributed by atoms with Gasteiger partial charge in [-0.2, -0.15) is 0 Å². The fourth-order valence-electron chi connectivity index (χ4n) is 3.10. The molecule has 5 rings (SSSR count). The second-order valence-electron chi connectivity index (χ2n) is 6.35. The summed E-state index contributed by atoms with van der Waals surface area (Å²) < 4.78 is 92.9. The maximum absolute atomic E-state index is 11.8. The number of fused-ring (bicyclic) bond motifs is 1. The number of hydrogen-bond donors (Lipinski definition) is 1. The summed E-state index contributed by atoms with van der Waals surface area (Å²) in [5, 5.41) is 0. The molecule has 1 N–H and O–H groups in total. The monoisotopic (exact) mass is 395 g/mol. The molecule has 1 aromatic heterocycles. The number of piperazine rings is 1. The van der Waals surface area contributed by atoms with E-state index in [2.05, 4.69) is 4.98 Å². The van der Waals surface area contributed by atoms with E-state index >= 15 is 0 Å². The van der Waals surface area contributed by atoms with Crippen molar-refractivity contribution in [3.63, 3.8) is 0 Å². The zero-order valence-corrected chi connectivity index (χ0v) is 15.1. The van der Waals surface area contributed by atoms with E-state index in [9.17, 15) is 4.79 Å². The lowest BCUT2D eigenvalue weighted by molar-refractivity contribution is 0.250. The quantitative estimate of drug-likeness (QED) is 0.565. The van der Waals surface area contributed by atoms with Gasteiger partial charge in [0.2, 0.25) is 0 Å². The molecule has 1 aliphatic rings. The minimum absolute atomic E-state index is 0.0268. The van der Waals surface area contributed by atoms with E-state index in [4.69, 9.17) is 18.1 Å². The zero-order chi connectivity index (χ0) is 28.6. The molecule has 1 saturated heterocycles. The van der Waals surface area contributed by atoms with Gasteiger partial charge in [-0.3, -0.25) is 9.88 Å². The molecular weight excluding hydrogens is 362 g/mol. The summed E-state index contributed by atoms with van der Waals surface area (Å²) in [6, 6.07) is 18.8. The molecule has 0 unspecified atom stereocenters. The third-order valence-electron chi connectivity index (χ3n) is 4.42. The topological polar surface area (TPSA) is 52.5 Å². The molecule has 0 amide bonds. The highest BCUT2D eigenvalue weighted by atomic mass is 16.4. The second-order valence-corrected chi connectivity index (χ2v) is 6.35. The van der Waals surface area contributed by atoms with Crippen molar-refractivity contribution in [2.75, 3.05) is 30.9 Å². The van der Waals surface area contributed by atoms with Gasteiger partial charge < -0.3 is 9.32 Å². The highest BCUT2D eigenvalue weighted by molar-refractivity contribution is 5.86. The Bertz CT molecular complexity index is 1570. The molecule has 4 aromatic rings. The molecule has 0 bridgehead atoms. The molecule has 5 heteroatoms. The van der Waals surface area contributed by atoms with Gasteiger partial charge in [-0.05, 0) is 34.9 Å². The fourth-order valence-corrected chi connectivity index (χ4v) is 3.10. The van der Waals surface area contributed by atoms with Gasteiger partial charge in [0, 0.05) is 40.7 Å². The predicted octanol–water partition coefficient (Wildman–Crippen LogP) is 4.11. The maximum atomic E-state index is 11.8. The van der Waals surface area contributed by atoms with Crippen molar-refractivity contribution in [2.45, 2.75) is 6.50 Å². The van der Waals surface area contributed by atoms with Gasteiger partial charge in [-0.1, -0.05) is 54.6 Å². The lowest BCUT2D eigenvalue weighted by Gasteiger charge is -2.36. The normalized spacial score (nSPS) is 27.7. The Hall–Kier alpha value is -3.31. The molecular formula is C24H23N3O2. The van der Waals surface area contributed by atoms with Crippen molar-refractivity contribution in [2.24, 2.45) is 0 Å². The average Bonchev–Trinajstić information content (AvgIpc) is 3.24. The van der Waals surface area contributed by atoms with Crippen LogP contribution in [0.3, 0.4) is 0 Å². The minimum atomic E-state index is -3.47. The van der Waals surface area contributed by atoms with Crippen LogP contribution in [0.2, 0.25) is 0 Å². The van der Waals surface area contributed by atoms with E-state index in [0.29, 0.717) is 5.56 Å². The van der Waals surface area contributed by atoms with Crippen molar-refractivity contribution in [1.29, 1.82) is 0 Å². The summed E-state index contributed by atoms with van der Waals surface area (Å²) in [6.07, 6.45) is 0. The largest absolute Gasteiger partial charge is 0.417 e. The Morgan fingerprint density at radius 2 is 1.69 bits per heavy atom. The van der Waals surface area contributed by atoms with Crippen LogP contribution in [0.1, 0.15) is 19.3 Å². The van der Waals surface area contributed by atoms with Gasteiger partial charge >= 0.3 is 5.76 Å². The molecule has 29 heavy (non-hydrogen) atoms. The van der Waals surface area contributed by atoms with Crippen molar-refractivity contribution in [1.82, 2.24) is 9.88 Å². The van der Waals surface area contributed by atoms with Crippen LogP contribution in [0.15, 0.2) is 82.0 Å². The molecule has 1 aliphatic heterocycles. The summed E-state index contributed by atoms with van der Waals surface area (Å²) in [5.41, 5.74) is 0.430. The number of benzene rings is 3. The highest BCUT2D eigenvalue weighted by Gasteiger charge is 2.20. The Morgan fingerprint density at radius 3 is 2.52 bits per heavy atom. The Morgan fingerprint density at radius 1 is 0.931 bits per heavy atom. The fraction of sp³-hybridized carbons (Fsp3) is 0.208. The first-order valence-electron chi connectivity index (χ1n) is 13.9. The first-order valence-corrected chi connectivity index (χ1v) is 8.93. The number of rotatable bonds is 4. The molecule has 146 valence electrons. The number of aromatic amines is 1. The molecule has 1 fully saturated rings. The lowest BCUT2D eigenvalue weighted by atomic mass is 10.0. The van der Waals surface area contributed by atoms with Gasteiger partial charge in [-0.15, -0.1) is 0 Å². The number of nitrogens with zero attached hydrogens (tertiary/aromatic N) is 2. The Labute approximate surface area is 183 Å². The number of hydrogen-bond acceptors (Lipinski definition) is 4. The molecule has 0 radical (unpaired) electrons. The van der Waals surface area contributed by atoms with Crippen LogP contribution in [0.25, 0.3) is 22.2 Å². The first kappa shape index (κ1) is 9.94. The maximum Gasteiger partial charge on any atom is 0.417 e. The molecule has 0 aliphatic carbocycles. The van der Waals surface area contributed by atoms with Gasteiger partial charge in [0.15, 0.2) is 5.58 Å². The second kappa shape index (κ2) is 7.60. The SMILES string of the molecule is [2H]C([2H])(c1cccc(-c2ccccc2)c1)N1C([2H])([2H])C([2H])([2H])N(c2cccc3[nH]c(=O)oc23)C([2H])([2H])C1([2H])[2H]. The Kier molecular flexibility index (Phi) is 2.61. The lowest BCUT2D eigenvalue weighted by Crippen LogP contribution is -2.46. The number of H-pyrrole nitrogens is 1. The summed E-state index contributed by atoms with van der Waals surface area (Å²) >= 11 is 0. The molecule has 0 saturated carbocycles. The highest BCUT2D eigenvalue weighted by Crippen LogP contribution is 2.26. The average molecular weight is 396 g/mol. The van der Waals surface area contributed by atoms with Crippen LogP contribution < -0.4 is 10.7 Å². The smallest absolute Gasteiger partial charge is 0.406 e. The van der Waals surface area contributed by atoms with Crippen LogP contribution in [0, 0.1) is 0 Å². The molecule has 3 aromatic carbocycles. The third-order valence-corrected chi connectivity index (χ3v) is 4.42. The number of nitrogens with one attached hydrogen (secondary N) is 1. The van der Waals surface area contributed by atoms with Crippen molar-refractivity contribution in [3.8, 4) is 11.1 Å². The van der Waals surface area contributed by atoms with E-state index in [1.165, 1.54) is 36.4 Å². The summed E-state index contributed by atoms with van der Waals surface area (Å²) in [7, 11) is 0. The van der Waals surface area contributed by atoms with Crippen molar-refractivity contribution in [3.05, 3.63) is 88.9 Å². The van der Waals surface area contributed by atoms with E-state index in [0.717, 1.165) is 5.56 Å². The molecule has 5 nitrogen and oxygen atoms in total. The number of aromatic nitrogens is 1. The minimum Gasteiger partial charge on any atom is -0.406 e. The van der Waals surface area contributed by atoms with Crippen LogP contribution in [-0.2, 0) is 6.50 Å². The van der Waals surface area contributed by atoms with Crippen molar-refractivity contribution >= 4 is 16.8 Å². The zero-order valence-electron chi connectivity index (χ0n) is 25.1. The molecule has 0 spiro atoms. The number of oxazole rings is 1. The Balaban J connectivity index is 1.70. The van der Waals surface area contributed by atoms with E-state index in [1.807, 2.05) is 0 Å². The van der Waals surface area contributed by atoms with E-state index < -0.39 is 43.9 Å². The first-order chi connectivity index (χ1) is 18.0. The standard InChI is InChI=1S/C24H23N3O2/c28-24-25-21-10-5-11-22(23(21)29-24)27-14-12-26(13-15-27)17-18-6-4-9-20(16-18)19-7-2-1-3-8-19/h1-11,16H,12-15,17H2,(H,25,28)/i12D2,13D2,14D2,15D2,17D2. The predicted molar refractivity (Wildman–Crippen MR) is 116 cm³/mol. The molecule has 0 atom stereocenters. The molecule has 2 heterocycles. The number of para-hydroxylation sites is 1. The van der Waals surface area contributed by atoms with Gasteiger partial charge in [-0.25, -0.2) is 4.79 Å². The van der Waals surface area contributed by atoms with Gasteiger partial charge in [0.05, 0.1) is 16.7 Å². The van der Waals surface area contributed by atoms with Crippen LogP contribution in [0.5, 0.6) is 0 Å². The van der Waals surface area contributed by atoms with Gasteiger partial charge in [0.25, 0.3) is 0 Å². The van der Waals surface area contributed by atoms with Crippen LogP contribution >= 0.6 is 0 Å². The van der Waals surface area contributed by atoms with Crippen LogP contribution in [-0.4, -0.2) is 35.9 Å². The van der Waals surface area contributed by atoms with Crippen molar-refractivity contribution < 1.29 is 18.1 Å². The number of anilines is 1. The van der Waals surface area contributed by atoms with Crippen LogP contribution in [0.4, 0.5) is 5.69 Å². The van der Waals surface area contributed by atoms with E-state index in [1.54, 1.807) is 36.4 Å². The van der Waals surface area contributed by atoms with E-state index in [-0.39, 0.29) is 26.5 Å². The summed E-state index contributed by atoms with van der Waals surface area (Å²) in [5.74, 6) is -0.919. The third kappa shape index (κ3) is 3.69. The summed E-state index contributed by atoms with van der Waals surface area (Å²) in [6.45, 7) is -16.7. The van der Waals surface area contributed by atoms with Gasteiger partial charge in [0.1, 0.15) is 0 Å². The summed E-state index contributed by atoms with van der Waals surface area (Å²) in [4.78, 5) is 14.4.